The molecule has 0 saturated carbocycles. The maximum Gasteiger partial charge on any atom is 0.317 e. The lowest BCUT2D eigenvalue weighted by Gasteiger charge is -2.19. The summed E-state index contributed by atoms with van der Waals surface area (Å²) in [6.07, 6.45) is 0.793. The lowest BCUT2D eigenvalue weighted by Crippen LogP contribution is -2.37. The molecule has 0 unspecified atom stereocenters. The molecule has 0 saturated heterocycles. The van der Waals surface area contributed by atoms with E-state index in [2.05, 4.69) is 5.32 Å². The fourth-order valence-corrected chi connectivity index (χ4v) is 3.31. The molecular formula is C19H23ClN2O3S. The maximum atomic E-state index is 12.3. The lowest BCUT2D eigenvalue weighted by molar-refractivity contribution is -0.138. The zero-order valence-electron chi connectivity index (χ0n) is 14.6. The van der Waals surface area contributed by atoms with E-state index in [9.17, 15) is 9.59 Å². The first kappa shape index (κ1) is 22.0. The van der Waals surface area contributed by atoms with Gasteiger partial charge in [-0.1, -0.05) is 49.0 Å². The molecule has 0 heterocycles. The van der Waals surface area contributed by atoms with E-state index < -0.39 is 5.97 Å². The summed E-state index contributed by atoms with van der Waals surface area (Å²) in [5.74, 6) is -1.14. The predicted octanol–water partition coefficient (Wildman–Crippen LogP) is 3.99. The molecule has 0 aliphatic heterocycles. The Balaban J connectivity index is 0.00000338. The van der Waals surface area contributed by atoms with Crippen molar-refractivity contribution in [1.82, 2.24) is 4.90 Å². The monoisotopic (exact) mass is 394 g/mol. The van der Waals surface area contributed by atoms with Crippen molar-refractivity contribution in [3.63, 3.8) is 0 Å². The SMILES string of the molecule is CCCN(CC(=O)O)CC(=O)Nc1ccccc1Sc1ccccc1.Cl. The first-order valence-electron chi connectivity index (χ1n) is 8.14. The summed E-state index contributed by atoms with van der Waals surface area (Å²) in [5.41, 5.74) is 0.730. The van der Waals surface area contributed by atoms with Crippen molar-refractivity contribution in [1.29, 1.82) is 0 Å². The molecule has 2 aromatic rings. The van der Waals surface area contributed by atoms with Crippen molar-refractivity contribution >= 4 is 41.7 Å². The molecule has 2 aromatic carbocycles. The number of para-hydroxylation sites is 1. The van der Waals surface area contributed by atoms with Crippen molar-refractivity contribution in [3.8, 4) is 0 Å². The first-order valence-corrected chi connectivity index (χ1v) is 8.96. The Labute approximate surface area is 164 Å². The van der Waals surface area contributed by atoms with E-state index in [-0.39, 0.29) is 31.4 Å². The molecule has 0 aliphatic rings. The molecule has 0 aromatic heterocycles. The largest absolute Gasteiger partial charge is 0.480 e. The number of aliphatic carboxylic acids is 1. The van der Waals surface area contributed by atoms with Gasteiger partial charge in [0.2, 0.25) is 5.91 Å². The quantitative estimate of drug-likeness (QED) is 0.672. The zero-order valence-corrected chi connectivity index (χ0v) is 16.2. The second-order valence-corrected chi connectivity index (χ2v) is 6.68. The third-order valence-electron chi connectivity index (χ3n) is 3.40. The molecule has 2 rings (SSSR count). The van der Waals surface area contributed by atoms with E-state index in [1.165, 1.54) is 0 Å². The highest BCUT2D eigenvalue weighted by Crippen LogP contribution is 2.33. The number of amides is 1. The number of hydrogen-bond acceptors (Lipinski definition) is 4. The van der Waals surface area contributed by atoms with Crippen LogP contribution in [0.25, 0.3) is 0 Å². The van der Waals surface area contributed by atoms with Crippen LogP contribution < -0.4 is 5.32 Å². The molecule has 140 valence electrons. The van der Waals surface area contributed by atoms with Crippen LogP contribution in [0.3, 0.4) is 0 Å². The summed E-state index contributed by atoms with van der Waals surface area (Å²) in [6.45, 7) is 2.45. The van der Waals surface area contributed by atoms with Crippen LogP contribution in [-0.4, -0.2) is 41.5 Å². The van der Waals surface area contributed by atoms with Crippen LogP contribution in [0.15, 0.2) is 64.4 Å². The van der Waals surface area contributed by atoms with Gasteiger partial charge in [-0.2, -0.15) is 0 Å². The Morgan fingerprint density at radius 3 is 2.35 bits per heavy atom. The Bertz CT molecular complexity index is 713. The minimum Gasteiger partial charge on any atom is -0.480 e. The Kier molecular flexibility index (Phi) is 9.80. The fraction of sp³-hybridized carbons (Fsp3) is 0.263. The minimum absolute atomic E-state index is 0. The Morgan fingerprint density at radius 1 is 1.04 bits per heavy atom. The zero-order chi connectivity index (χ0) is 18.1. The molecule has 26 heavy (non-hydrogen) atoms. The molecule has 5 nitrogen and oxygen atoms in total. The van der Waals surface area contributed by atoms with Crippen LogP contribution in [0.1, 0.15) is 13.3 Å². The van der Waals surface area contributed by atoms with E-state index in [0.29, 0.717) is 6.54 Å². The Morgan fingerprint density at radius 2 is 1.69 bits per heavy atom. The second-order valence-electron chi connectivity index (χ2n) is 5.56. The van der Waals surface area contributed by atoms with Gasteiger partial charge in [0.1, 0.15) is 0 Å². The average molecular weight is 395 g/mol. The van der Waals surface area contributed by atoms with Crippen LogP contribution in [0.5, 0.6) is 0 Å². The van der Waals surface area contributed by atoms with E-state index in [4.69, 9.17) is 5.11 Å². The van der Waals surface area contributed by atoms with Crippen LogP contribution in [-0.2, 0) is 9.59 Å². The van der Waals surface area contributed by atoms with Gasteiger partial charge in [0.05, 0.1) is 18.8 Å². The standard InChI is InChI=1S/C19H22N2O3S.ClH/c1-2-12-21(14-19(23)24)13-18(22)20-16-10-6-7-11-17(16)25-15-8-4-3-5-9-15;/h3-11H,2,12-14H2,1H3,(H,20,22)(H,23,24);1H. The summed E-state index contributed by atoms with van der Waals surface area (Å²) in [6, 6.07) is 17.5. The van der Waals surface area contributed by atoms with Crippen LogP contribution in [0, 0.1) is 0 Å². The summed E-state index contributed by atoms with van der Waals surface area (Å²) >= 11 is 1.57. The van der Waals surface area contributed by atoms with Crippen LogP contribution in [0.2, 0.25) is 0 Å². The number of nitrogens with one attached hydrogen (secondary N) is 1. The topological polar surface area (TPSA) is 69.6 Å². The average Bonchev–Trinajstić information content (AvgIpc) is 2.57. The number of carboxylic acids is 1. The molecule has 0 spiro atoms. The van der Waals surface area contributed by atoms with Gasteiger partial charge < -0.3 is 10.4 Å². The van der Waals surface area contributed by atoms with E-state index in [1.54, 1.807) is 16.7 Å². The van der Waals surface area contributed by atoms with Gasteiger partial charge in [-0.15, -0.1) is 12.4 Å². The Hall–Kier alpha value is -2.02. The summed E-state index contributed by atoms with van der Waals surface area (Å²) < 4.78 is 0. The molecule has 0 radical (unpaired) electrons. The molecule has 7 heteroatoms. The smallest absolute Gasteiger partial charge is 0.317 e. The van der Waals surface area contributed by atoms with Crippen molar-refractivity contribution in [2.75, 3.05) is 25.0 Å². The van der Waals surface area contributed by atoms with Crippen LogP contribution in [0.4, 0.5) is 5.69 Å². The van der Waals surface area contributed by atoms with Gasteiger partial charge >= 0.3 is 5.97 Å². The van der Waals surface area contributed by atoms with Crippen molar-refractivity contribution in [2.24, 2.45) is 0 Å². The minimum atomic E-state index is -0.929. The van der Waals surface area contributed by atoms with Gasteiger partial charge in [0, 0.05) is 9.79 Å². The summed E-state index contributed by atoms with van der Waals surface area (Å²) in [5, 5.41) is 11.8. The number of carbonyl (C=O) groups is 2. The first-order chi connectivity index (χ1) is 12.1. The van der Waals surface area contributed by atoms with Gasteiger partial charge in [-0.25, -0.2) is 0 Å². The summed E-state index contributed by atoms with van der Waals surface area (Å²) in [4.78, 5) is 26.9. The molecule has 0 bridgehead atoms. The molecule has 2 N–H and O–H groups in total. The molecule has 0 fully saturated rings. The van der Waals surface area contributed by atoms with Crippen molar-refractivity contribution in [3.05, 3.63) is 54.6 Å². The number of carboxylic acid groups (broad SMARTS) is 1. The predicted molar refractivity (Wildman–Crippen MR) is 107 cm³/mol. The second kappa shape index (κ2) is 11.6. The van der Waals surface area contributed by atoms with E-state index in [1.807, 2.05) is 61.5 Å². The normalized spacial score (nSPS) is 10.2. The number of nitrogens with zero attached hydrogens (tertiary/aromatic N) is 1. The molecule has 0 aliphatic carbocycles. The highest BCUT2D eigenvalue weighted by Gasteiger charge is 2.14. The third-order valence-corrected chi connectivity index (χ3v) is 4.48. The summed E-state index contributed by atoms with van der Waals surface area (Å²) in [7, 11) is 0. The van der Waals surface area contributed by atoms with Crippen LogP contribution >= 0.6 is 24.2 Å². The highest BCUT2D eigenvalue weighted by molar-refractivity contribution is 7.99. The van der Waals surface area contributed by atoms with Gasteiger partial charge in [-0.05, 0) is 37.2 Å². The van der Waals surface area contributed by atoms with Crippen molar-refractivity contribution < 1.29 is 14.7 Å². The lowest BCUT2D eigenvalue weighted by atomic mass is 10.3. The number of rotatable bonds is 9. The maximum absolute atomic E-state index is 12.3. The number of benzene rings is 2. The number of hydrogen-bond donors (Lipinski definition) is 2. The number of halogens is 1. The van der Waals surface area contributed by atoms with Gasteiger partial charge in [0.15, 0.2) is 0 Å². The van der Waals surface area contributed by atoms with Crippen molar-refractivity contribution in [2.45, 2.75) is 23.1 Å². The highest BCUT2D eigenvalue weighted by atomic mass is 35.5. The van der Waals surface area contributed by atoms with E-state index >= 15 is 0 Å². The van der Waals surface area contributed by atoms with Gasteiger partial charge in [-0.3, -0.25) is 14.5 Å². The number of anilines is 1. The third kappa shape index (κ3) is 7.47. The molecular weight excluding hydrogens is 372 g/mol. The molecule has 0 atom stereocenters. The van der Waals surface area contributed by atoms with E-state index in [0.717, 1.165) is 21.9 Å². The molecule has 1 amide bonds. The number of carbonyl (C=O) groups excluding carboxylic acids is 1. The fourth-order valence-electron chi connectivity index (χ4n) is 2.39. The van der Waals surface area contributed by atoms with Gasteiger partial charge in [0.25, 0.3) is 0 Å².